The van der Waals surface area contributed by atoms with Crippen molar-refractivity contribution in [1.29, 1.82) is 0 Å². The second kappa shape index (κ2) is 7.34. The van der Waals surface area contributed by atoms with Crippen molar-refractivity contribution in [3.63, 3.8) is 0 Å². The molecule has 0 bridgehead atoms. The van der Waals surface area contributed by atoms with Gasteiger partial charge in [0.1, 0.15) is 11.5 Å². The van der Waals surface area contributed by atoms with Crippen LogP contribution in [0.1, 0.15) is 40.0 Å². The lowest BCUT2D eigenvalue weighted by Gasteiger charge is -2.38. The first-order chi connectivity index (χ1) is 10.1. The Morgan fingerprint density at radius 1 is 1.10 bits per heavy atom. The second-order valence-corrected chi connectivity index (χ2v) is 5.62. The molecule has 1 amide bonds. The maximum atomic E-state index is 12.3. The highest BCUT2D eigenvalue weighted by molar-refractivity contribution is 5.78. The molecule has 2 unspecified atom stereocenters. The summed E-state index contributed by atoms with van der Waals surface area (Å²) in [4.78, 5) is 14.3. The van der Waals surface area contributed by atoms with Gasteiger partial charge in [-0.2, -0.15) is 0 Å². The summed E-state index contributed by atoms with van der Waals surface area (Å²) in [5.41, 5.74) is 0. The van der Waals surface area contributed by atoms with Crippen molar-refractivity contribution >= 4 is 5.91 Å². The van der Waals surface area contributed by atoms with Crippen LogP contribution < -0.4 is 9.47 Å². The molecule has 116 valence electrons. The van der Waals surface area contributed by atoms with Crippen molar-refractivity contribution in [1.82, 2.24) is 4.90 Å². The summed E-state index contributed by atoms with van der Waals surface area (Å²) in [6.07, 6.45) is 3.37. The molecular weight excluding hydrogens is 266 g/mol. The molecule has 0 aliphatic carbocycles. The number of rotatable bonds is 5. The first kappa shape index (κ1) is 15.7. The van der Waals surface area contributed by atoms with E-state index in [4.69, 9.17) is 9.47 Å². The largest absolute Gasteiger partial charge is 0.494 e. The van der Waals surface area contributed by atoms with Gasteiger partial charge in [-0.1, -0.05) is 0 Å². The summed E-state index contributed by atoms with van der Waals surface area (Å²) in [6.45, 7) is 6.92. The van der Waals surface area contributed by atoms with Crippen LogP contribution >= 0.6 is 0 Å². The van der Waals surface area contributed by atoms with E-state index in [0.29, 0.717) is 24.4 Å². The SMILES string of the molecule is CCOc1ccc(OCC(=O)N2C(C)CCCC2C)cc1. The molecule has 0 aromatic heterocycles. The van der Waals surface area contributed by atoms with E-state index in [2.05, 4.69) is 13.8 Å². The average Bonchev–Trinajstić information content (AvgIpc) is 2.47. The number of piperidine rings is 1. The minimum atomic E-state index is 0.0728. The normalized spacial score (nSPS) is 22.0. The van der Waals surface area contributed by atoms with Gasteiger partial charge in [0.05, 0.1) is 6.61 Å². The fourth-order valence-corrected chi connectivity index (χ4v) is 2.93. The van der Waals surface area contributed by atoms with E-state index < -0.39 is 0 Å². The quantitative estimate of drug-likeness (QED) is 0.836. The number of carbonyl (C=O) groups is 1. The minimum Gasteiger partial charge on any atom is -0.494 e. The molecule has 0 radical (unpaired) electrons. The molecule has 4 nitrogen and oxygen atoms in total. The zero-order valence-electron chi connectivity index (χ0n) is 13.2. The Labute approximate surface area is 127 Å². The Kier molecular flexibility index (Phi) is 5.48. The molecule has 1 aromatic rings. The lowest BCUT2D eigenvalue weighted by atomic mass is 9.97. The lowest BCUT2D eigenvalue weighted by molar-refractivity contribution is -0.139. The summed E-state index contributed by atoms with van der Waals surface area (Å²) < 4.78 is 11.0. The van der Waals surface area contributed by atoms with Crippen LogP contribution in [0.15, 0.2) is 24.3 Å². The first-order valence-corrected chi connectivity index (χ1v) is 7.78. The Hall–Kier alpha value is -1.71. The molecule has 1 fully saturated rings. The Bertz CT molecular complexity index is 448. The van der Waals surface area contributed by atoms with Gasteiger partial charge < -0.3 is 14.4 Å². The molecule has 0 N–H and O–H groups in total. The fourth-order valence-electron chi connectivity index (χ4n) is 2.93. The molecule has 1 heterocycles. The number of amides is 1. The van der Waals surface area contributed by atoms with Crippen LogP contribution in [0, 0.1) is 0 Å². The minimum absolute atomic E-state index is 0.0728. The monoisotopic (exact) mass is 291 g/mol. The van der Waals surface area contributed by atoms with E-state index in [9.17, 15) is 4.79 Å². The van der Waals surface area contributed by atoms with Crippen LogP contribution in [-0.2, 0) is 4.79 Å². The summed E-state index contributed by atoms with van der Waals surface area (Å²) in [5.74, 6) is 1.59. The molecule has 1 aliphatic rings. The predicted molar refractivity (Wildman–Crippen MR) is 82.7 cm³/mol. The van der Waals surface area contributed by atoms with Gasteiger partial charge in [-0.15, -0.1) is 0 Å². The van der Waals surface area contributed by atoms with Crippen molar-refractivity contribution < 1.29 is 14.3 Å². The third kappa shape index (κ3) is 4.13. The molecule has 2 atom stereocenters. The maximum Gasteiger partial charge on any atom is 0.260 e. The van der Waals surface area contributed by atoms with Gasteiger partial charge in [-0.3, -0.25) is 4.79 Å². The van der Waals surface area contributed by atoms with E-state index in [-0.39, 0.29) is 12.5 Å². The molecular formula is C17H25NO3. The van der Waals surface area contributed by atoms with Crippen molar-refractivity contribution in [3.05, 3.63) is 24.3 Å². The number of likely N-dealkylation sites (tertiary alicyclic amines) is 1. The standard InChI is InChI=1S/C17H25NO3/c1-4-20-15-8-10-16(11-9-15)21-12-17(19)18-13(2)6-5-7-14(18)3/h8-11,13-14H,4-7,12H2,1-3H3. The molecule has 0 spiro atoms. The molecule has 2 rings (SSSR count). The summed E-state index contributed by atoms with van der Waals surface area (Å²) in [6, 6.07) is 8.00. The van der Waals surface area contributed by atoms with Gasteiger partial charge in [0.15, 0.2) is 6.61 Å². The van der Waals surface area contributed by atoms with Crippen LogP contribution in [0.3, 0.4) is 0 Å². The van der Waals surface area contributed by atoms with Crippen LogP contribution in [0.2, 0.25) is 0 Å². The van der Waals surface area contributed by atoms with Crippen molar-refractivity contribution in [2.75, 3.05) is 13.2 Å². The third-order valence-electron chi connectivity index (χ3n) is 3.98. The van der Waals surface area contributed by atoms with Gasteiger partial charge in [-0.25, -0.2) is 0 Å². The highest BCUT2D eigenvalue weighted by Crippen LogP contribution is 2.23. The second-order valence-electron chi connectivity index (χ2n) is 5.62. The molecule has 1 saturated heterocycles. The van der Waals surface area contributed by atoms with E-state index in [1.807, 2.05) is 36.1 Å². The van der Waals surface area contributed by atoms with Gasteiger partial charge in [0, 0.05) is 12.1 Å². The van der Waals surface area contributed by atoms with Gasteiger partial charge in [0.25, 0.3) is 5.91 Å². The van der Waals surface area contributed by atoms with Gasteiger partial charge >= 0.3 is 0 Å². The topological polar surface area (TPSA) is 38.8 Å². The summed E-state index contributed by atoms with van der Waals surface area (Å²) in [7, 11) is 0. The first-order valence-electron chi connectivity index (χ1n) is 7.78. The highest BCUT2D eigenvalue weighted by Gasteiger charge is 2.28. The Balaban J connectivity index is 1.88. The van der Waals surface area contributed by atoms with Crippen molar-refractivity contribution in [2.24, 2.45) is 0 Å². The zero-order chi connectivity index (χ0) is 15.2. The Morgan fingerprint density at radius 2 is 1.62 bits per heavy atom. The smallest absolute Gasteiger partial charge is 0.260 e. The van der Waals surface area contributed by atoms with Gasteiger partial charge in [0.2, 0.25) is 0 Å². The van der Waals surface area contributed by atoms with Crippen molar-refractivity contribution in [3.8, 4) is 11.5 Å². The van der Waals surface area contributed by atoms with Crippen LogP contribution in [0.4, 0.5) is 0 Å². The number of hydrogen-bond donors (Lipinski definition) is 0. The number of ether oxygens (including phenoxy) is 2. The van der Waals surface area contributed by atoms with E-state index in [1.54, 1.807) is 0 Å². The zero-order valence-corrected chi connectivity index (χ0v) is 13.2. The van der Waals surface area contributed by atoms with E-state index in [0.717, 1.165) is 18.6 Å². The fraction of sp³-hybridized carbons (Fsp3) is 0.588. The van der Waals surface area contributed by atoms with Crippen LogP contribution in [0.25, 0.3) is 0 Å². The van der Waals surface area contributed by atoms with Crippen LogP contribution in [-0.4, -0.2) is 36.1 Å². The predicted octanol–water partition coefficient (Wildman–Crippen LogP) is 3.25. The molecule has 21 heavy (non-hydrogen) atoms. The number of benzene rings is 1. The number of nitrogens with zero attached hydrogens (tertiary/aromatic N) is 1. The maximum absolute atomic E-state index is 12.3. The molecule has 4 heteroatoms. The highest BCUT2D eigenvalue weighted by atomic mass is 16.5. The van der Waals surface area contributed by atoms with E-state index >= 15 is 0 Å². The van der Waals surface area contributed by atoms with Gasteiger partial charge in [-0.05, 0) is 64.3 Å². The summed E-state index contributed by atoms with van der Waals surface area (Å²) in [5, 5.41) is 0. The van der Waals surface area contributed by atoms with E-state index in [1.165, 1.54) is 6.42 Å². The molecule has 1 aromatic carbocycles. The average molecular weight is 291 g/mol. The number of carbonyl (C=O) groups excluding carboxylic acids is 1. The lowest BCUT2D eigenvalue weighted by Crippen LogP contribution is -2.49. The molecule has 0 saturated carbocycles. The van der Waals surface area contributed by atoms with Crippen molar-refractivity contribution in [2.45, 2.75) is 52.1 Å². The molecule has 1 aliphatic heterocycles. The summed E-state index contributed by atoms with van der Waals surface area (Å²) >= 11 is 0. The number of hydrogen-bond acceptors (Lipinski definition) is 3. The third-order valence-corrected chi connectivity index (χ3v) is 3.98. The Morgan fingerprint density at radius 3 is 2.14 bits per heavy atom. The van der Waals surface area contributed by atoms with Crippen LogP contribution in [0.5, 0.6) is 11.5 Å².